The lowest BCUT2D eigenvalue weighted by molar-refractivity contribution is -0.385. The van der Waals surface area contributed by atoms with Gasteiger partial charge in [0.25, 0.3) is 5.69 Å². The van der Waals surface area contributed by atoms with Crippen LogP contribution in [-0.2, 0) is 22.1 Å². The summed E-state index contributed by atoms with van der Waals surface area (Å²) in [4.78, 5) is 40.8. The third kappa shape index (κ3) is 5.47. The fourth-order valence-corrected chi connectivity index (χ4v) is 4.22. The number of nitro benzene ring substituents is 1. The lowest BCUT2D eigenvalue weighted by Gasteiger charge is -2.42. The minimum absolute atomic E-state index is 0.0803. The van der Waals surface area contributed by atoms with Gasteiger partial charge >= 0.3 is 12.3 Å². The van der Waals surface area contributed by atoms with Crippen LogP contribution in [0.3, 0.4) is 0 Å². The molecule has 12 heteroatoms. The van der Waals surface area contributed by atoms with E-state index in [1.807, 2.05) is 0 Å². The molecule has 1 atom stereocenters. The Morgan fingerprint density at radius 1 is 1.19 bits per heavy atom. The number of benzene rings is 1. The number of rotatable bonds is 5. The van der Waals surface area contributed by atoms with E-state index in [0.717, 1.165) is 38.1 Å². The van der Waals surface area contributed by atoms with Gasteiger partial charge in [0.2, 0.25) is 5.91 Å². The molecule has 0 aliphatic carbocycles. The van der Waals surface area contributed by atoms with Gasteiger partial charge in [-0.15, -0.1) is 0 Å². The predicted octanol–water partition coefficient (Wildman–Crippen LogP) is 2.53. The van der Waals surface area contributed by atoms with E-state index < -0.39 is 40.8 Å². The van der Waals surface area contributed by atoms with E-state index in [1.165, 1.54) is 12.0 Å². The van der Waals surface area contributed by atoms with Crippen molar-refractivity contribution in [2.24, 2.45) is 0 Å². The Hall–Kier alpha value is -2.89. The number of hydrogen-bond donors (Lipinski definition) is 0. The van der Waals surface area contributed by atoms with Crippen LogP contribution in [0, 0.1) is 10.1 Å². The van der Waals surface area contributed by atoms with Gasteiger partial charge in [-0.25, -0.2) is 4.79 Å². The molecule has 1 aromatic carbocycles. The molecule has 2 aliphatic heterocycles. The Bertz CT molecular complexity index is 873. The van der Waals surface area contributed by atoms with E-state index >= 15 is 0 Å². The number of likely N-dealkylation sites (tertiary alicyclic amines) is 1. The summed E-state index contributed by atoms with van der Waals surface area (Å²) in [7, 11) is 1.28. The maximum atomic E-state index is 13.1. The molecule has 0 bridgehead atoms. The van der Waals surface area contributed by atoms with Gasteiger partial charge in [0.15, 0.2) is 0 Å². The number of carbonyl (C=O) groups is 2. The zero-order valence-corrected chi connectivity index (χ0v) is 17.6. The first-order valence-corrected chi connectivity index (χ1v) is 10.3. The zero-order chi connectivity index (χ0) is 23.5. The number of carbonyl (C=O) groups excluding carboxylic acids is 2. The van der Waals surface area contributed by atoms with Gasteiger partial charge in [0.1, 0.15) is 0 Å². The molecule has 0 aromatic heterocycles. The second-order valence-electron chi connectivity index (χ2n) is 7.94. The maximum absolute atomic E-state index is 13.1. The van der Waals surface area contributed by atoms with Gasteiger partial charge in [0.05, 0.1) is 30.1 Å². The van der Waals surface area contributed by atoms with E-state index in [4.69, 9.17) is 4.74 Å². The standard InChI is InChI=1S/C20H25F3N4O5/c1-32-19(29)25-8-9-26(16(13-25)12-24-6-2-3-7-24)18(28)10-14-4-5-15(20(21,22)23)11-17(14)27(30)31/h4-5,11,16H,2-3,6-10,12-13H2,1H3/t16-/m1/s1. The molecule has 2 aliphatic rings. The fraction of sp³-hybridized carbons (Fsp3) is 0.600. The van der Waals surface area contributed by atoms with Gasteiger partial charge in [-0.2, -0.15) is 13.2 Å². The Kier molecular flexibility index (Phi) is 7.22. The number of halogens is 3. The summed E-state index contributed by atoms with van der Waals surface area (Å²) in [6, 6.07) is 1.84. The number of methoxy groups -OCH3 is 1. The maximum Gasteiger partial charge on any atom is 0.416 e. The Labute approximate surface area is 182 Å². The summed E-state index contributed by atoms with van der Waals surface area (Å²) >= 11 is 0. The van der Waals surface area contributed by atoms with Crippen LogP contribution in [0.15, 0.2) is 18.2 Å². The number of hydrogen-bond acceptors (Lipinski definition) is 6. The van der Waals surface area contributed by atoms with Gasteiger partial charge in [-0.05, 0) is 32.0 Å². The third-order valence-electron chi connectivity index (χ3n) is 5.85. The Morgan fingerprint density at radius 2 is 1.88 bits per heavy atom. The van der Waals surface area contributed by atoms with Crippen molar-refractivity contribution in [3.05, 3.63) is 39.4 Å². The van der Waals surface area contributed by atoms with Crippen molar-refractivity contribution in [1.29, 1.82) is 0 Å². The van der Waals surface area contributed by atoms with E-state index in [2.05, 4.69) is 4.90 Å². The quantitative estimate of drug-likeness (QED) is 0.497. The van der Waals surface area contributed by atoms with Crippen LogP contribution in [0.4, 0.5) is 23.7 Å². The minimum Gasteiger partial charge on any atom is -0.453 e. The van der Waals surface area contributed by atoms with Crippen molar-refractivity contribution in [3.8, 4) is 0 Å². The molecule has 0 unspecified atom stereocenters. The molecule has 1 aromatic rings. The average molecular weight is 458 g/mol. The molecular formula is C20H25F3N4O5. The Balaban J connectivity index is 1.79. The molecule has 9 nitrogen and oxygen atoms in total. The molecule has 3 rings (SSSR count). The molecule has 2 fully saturated rings. The van der Waals surface area contributed by atoms with Crippen LogP contribution in [-0.4, -0.2) is 84.0 Å². The Morgan fingerprint density at radius 3 is 2.47 bits per heavy atom. The summed E-state index contributed by atoms with van der Waals surface area (Å²) in [5.41, 5.74) is -1.96. The fourth-order valence-electron chi connectivity index (χ4n) is 4.22. The van der Waals surface area contributed by atoms with Crippen molar-refractivity contribution < 1.29 is 32.4 Å². The first-order chi connectivity index (χ1) is 15.1. The lowest BCUT2D eigenvalue weighted by Crippen LogP contribution is -2.59. The van der Waals surface area contributed by atoms with Crippen LogP contribution in [0.25, 0.3) is 0 Å². The zero-order valence-electron chi connectivity index (χ0n) is 17.6. The molecule has 0 saturated carbocycles. The second-order valence-corrected chi connectivity index (χ2v) is 7.94. The SMILES string of the molecule is COC(=O)N1CCN(C(=O)Cc2ccc(C(F)(F)F)cc2[N+](=O)[O-])[C@H](CN2CCCC2)C1. The number of alkyl halides is 3. The van der Waals surface area contributed by atoms with Crippen molar-refractivity contribution in [2.75, 3.05) is 46.4 Å². The highest BCUT2D eigenvalue weighted by atomic mass is 19.4. The molecule has 2 amide bonds. The summed E-state index contributed by atoms with van der Waals surface area (Å²) in [5.74, 6) is -0.429. The average Bonchev–Trinajstić information content (AvgIpc) is 3.25. The number of nitro groups is 1. The highest BCUT2D eigenvalue weighted by Gasteiger charge is 2.36. The molecule has 0 spiro atoms. The first-order valence-electron chi connectivity index (χ1n) is 10.3. The van der Waals surface area contributed by atoms with Gasteiger partial charge in [0, 0.05) is 37.8 Å². The van der Waals surface area contributed by atoms with E-state index in [1.54, 1.807) is 4.90 Å². The highest BCUT2D eigenvalue weighted by Crippen LogP contribution is 2.33. The first kappa shape index (κ1) is 23.8. The number of nitrogens with zero attached hydrogens (tertiary/aromatic N) is 4. The smallest absolute Gasteiger partial charge is 0.416 e. The number of amides is 2. The summed E-state index contributed by atoms with van der Waals surface area (Å²) in [5, 5.41) is 11.4. The molecule has 2 heterocycles. The topological polar surface area (TPSA) is 96.2 Å². The van der Waals surface area contributed by atoms with Crippen molar-refractivity contribution in [2.45, 2.75) is 31.5 Å². The van der Waals surface area contributed by atoms with Crippen LogP contribution in [0.2, 0.25) is 0 Å². The van der Waals surface area contributed by atoms with Crippen molar-refractivity contribution in [3.63, 3.8) is 0 Å². The summed E-state index contributed by atoms with van der Waals surface area (Å²) < 4.78 is 43.6. The van der Waals surface area contributed by atoms with Gasteiger partial charge < -0.3 is 19.4 Å². The minimum atomic E-state index is -4.72. The molecule has 2 saturated heterocycles. The normalized spacial score (nSPS) is 19.8. The van der Waals surface area contributed by atoms with E-state index in [-0.39, 0.29) is 31.2 Å². The van der Waals surface area contributed by atoms with E-state index in [9.17, 15) is 32.9 Å². The van der Waals surface area contributed by atoms with Crippen LogP contribution >= 0.6 is 0 Å². The van der Waals surface area contributed by atoms with E-state index in [0.29, 0.717) is 12.6 Å². The third-order valence-corrected chi connectivity index (χ3v) is 5.85. The number of ether oxygens (including phenoxy) is 1. The molecule has 32 heavy (non-hydrogen) atoms. The molecule has 0 radical (unpaired) electrons. The molecular weight excluding hydrogens is 433 g/mol. The van der Waals surface area contributed by atoms with Crippen molar-refractivity contribution >= 4 is 17.7 Å². The lowest BCUT2D eigenvalue weighted by atomic mass is 10.0. The number of piperazine rings is 1. The second kappa shape index (κ2) is 9.72. The largest absolute Gasteiger partial charge is 0.453 e. The van der Waals surface area contributed by atoms with Gasteiger partial charge in [-0.1, -0.05) is 6.07 Å². The van der Waals surface area contributed by atoms with Crippen LogP contribution < -0.4 is 0 Å². The summed E-state index contributed by atoms with van der Waals surface area (Å²) in [6.07, 6.45) is -3.54. The summed E-state index contributed by atoms with van der Waals surface area (Å²) in [6.45, 7) is 2.99. The predicted molar refractivity (Wildman–Crippen MR) is 107 cm³/mol. The highest BCUT2D eigenvalue weighted by molar-refractivity contribution is 5.81. The van der Waals surface area contributed by atoms with Crippen LogP contribution in [0.5, 0.6) is 0 Å². The monoisotopic (exact) mass is 458 g/mol. The molecule has 0 N–H and O–H groups in total. The van der Waals surface area contributed by atoms with Gasteiger partial charge in [-0.3, -0.25) is 14.9 Å². The molecule has 176 valence electrons. The van der Waals surface area contributed by atoms with Crippen molar-refractivity contribution in [1.82, 2.24) is 14.7 Å². The van der Waals surface area contributed by atoms with Crippen LogP contribution in [0.1, 0.15) is 24.0 Å².